The molecule has 0 saturated heterocycles. The summed E-state index contributed by atoms with van der Waals surface area (Å²) in [7, 11) is 0. The van der Waals surface area contributed by atoms with E-state index >= 15 is 0 Å². The molecule has 0 fully saturated rings. The fourth-order valence-corrected chi connectivity index (χ4v) is 2.58. The minimum Gasteiger partial charge on any atom is -0.479 e. The molecular weight excluding hydrogens is 292 g/mol. The third kappa shape index (κ3) is 2.78. The number of pyridine rings is 1. The average molecular weight is 310 g/mol. The molecule has 0 amide bonds. The van der Waals surface area contributed by atoms with Gasteiger partial charge in [0.1, 0.15) is 19.1 Å². The number of nitrogens with zero attached hydrogens (tertiary/aromatic N) is 1. The lowest BCUT2D eigenvalue weighted by atomic mass is 10.1. The molecular formula is C18H18N2O3. The van der Waals surface area contributed by atoms with Crippen LogP contribution in [0.5, 0.6) is 5.75 Å². The quantitative estimate of drug-likeness (QED) is 0.447. The number of rotatable bonds is 5. The van der Waals surface area contributed by atoms with E-state index in [0.717, 1.165) is 22.0 Å². The first-order chi connectivity index (χ1) is 11.1. The zero-order chi connectivity index (χ0) is 16.4. The highest BCUT2D eigenvalue weighted by atomic mass is 16.5. The second-order valence-corrected chi connectivity index (χ2v) is 5.35. The number of hydrogen-bond donors (Lipinski definition) is 1. The van der Waals surface area contributed by atoms with Gasteiger partial charge in [-0.1, -0.05) is 12.6 Å². The van der Waals surface area contributed by atoms with Crippen LogP contribution in [0, 0.1) is 0 Å². The summed E-state index contributed by atoms with van der Waals surface area (Å²) in [4.78, 5) is 12.5. The fourth-order valence-electron chi connectivity index (χ4n) is 2.58. The van der Waals surface area contributed by atoms with Crippen molar-refractivity contribution in [1.29, 1.82) is 0 Å². The minimum absolute atomic E-state index is 0.0995. The highest BCUT2D eigenvalue weighted by molar-refractivity contribution is 6.12. The molecule has 0 saturated carbocycles. The van der Waals surface area contributed by atoms with Crippen molar-refractivity contribution in [3.8, 4) is 5.75 Å². The van der Waals surface area contributed by atoms with Gasteiger partial charge in [-0.2, -0.15) is 0 Å². The smallest absolute Gasteiger partial charge is 0.341 e. The lowest BCUT2D eigenvalue weighted by Crippen LogP contribution is -2.07. The summed E-state index contributed by atoms with van der Waals surface area (Å²) in [6, 6.07) is 11.2. The average Bonchev–Trinajstić information content (AvgIpc) is 2.87. The number of benzene rings is 1. The molecule has 2 heterocycles. The van der Waals surface area contributed by atoms with Gasteiger partial charge in [-0.15, -0.1) is 0 Å². The largest absolute Gasteiger partial charge is 0.479 e. The van der Waals surface area contributed by atoms with Crippen LogP contribution >= 0.6 is 0 Å². The molecule has 0 bridgehead atoms. The van der Waals surface area contributed by atoms with Crippen LogP contribution in [-0.4, -0.2) is 23.7 Å². The highest BCUT2D eigenvalue weighted by Crippen LogP contribution is 2.30. The van der Waals surface area contributed by atoms with E-state index in [-0.39, 0.29) is 19.3 Å². The van der Waals surface area contributed by atoms with Gasteiger partial charge in [0.15, 0.2) is 0 Å². The first-order valence-corrected chi connectivity index (χ1v) is 7.29. The van der Waals surface area contributed by atoms with E-state index in [2.05, 4.69) is 6.58 Å². The summed E-state index contributed by atoms with van der Waals surface area (Å²) in [5, 5.41) is 0.812. The molecule has 0 unspecified atom stereocenters. The van der Waals surface area contributed by atoms with E-state index in [9.17, 15) is 4.79 Å². The number of nitrogens with two attached hydrogens (primary N) is 1. The summed E-state index contributed by atoms with van der Waals surface area (Å²) < 4.78 is 12.6. The summed E-state index contributed by atoms with van der Waals surface area (Å²) in [6.07, 6.45) is 1.90. The maximum absolute atomic E-state index is 12.5. The van der Waals surface area contributed by atoms with Crippen molar-refractivity contribution in [2.75, 3.05) is 13.3 Å². The second-order valence-electron chi connectivity index (χ2n) is 5.35. The summed E-state index contributed by atoms with van der Waals surface area (Å²) >= 11 is 0. The van der Waals surface area contributed by atoms with Crippen molar-refractivity contribution in [3.63, 3.8) is 0 Å². The van der Waals surface area contributed by atoms with Crippen molar-refractivity contribution in [2.24, 2.45) is 5.73 Å². The van der Waals surface area contributed by atoms with E-state index in [1.54, 1.807) is 6.07 Å². The lowest BCUT2D eigenvalue weighted by molar-refractivity contribution is 0.0545. The Morgan fingerprint density at radius 1 is 1.26 bits per heavy atom. The Balaban J connectivity index is 2.18. The topological polar surface area (TPSA) is 66.0 Å². The molecule has 5 nitrogen and oxygen atoms in total. The molecule has 1 aromatic carbocycles. The molecule has 0 aliphatic rings. The van der Waals surface area contributed by atoms with Crippen molar-refractivity contribution >= 4 is 22.4 Å². The van der Waals surface area contributed by atoms with Gasteiger partial charge in [0.05, 0.1) is 16.6 Å². The number of esters is 1. The summed E-state index contributed by atoms with van der Waals surface area (Å²) in [5.74, 6) is 0.296. The van der Waals surface area contributed by atoms with Crippen LogP contribution in [0.15, 0.2) is 54.7 Å². The number of ether oxygens (including phenoxy) is 2. The van der Waals surface area contributed by atoms with E-state index in [4.69, 9.17) is 15.2 Å². The van der Waals surface area contributed by atoms with E-state index in [1.807, 2.05) is 47.9 Å². The summed E-state index contributed by atoms with van der Waals surface area (Å²) in [6.45, 7) is 5.88. The molecule has 0 spiro atoms. The van der Waals surface area contributed by atoms with Crippen molar-refractivity contribution in [1.82, 2.24) is 4.40 Å². The van der Waals surface area contributed by atoms with Crippen molar-refractivity contribution in [3.05, 3.63) is 60.3 Å². The van der Waals surface area contributed by atoms with Gasteiger partial charge >= 0.3 is 5.97 Å². The van der Waals surface area contributed by atoms with Gasteiger partial charge < -0.3 is 13.9 Å². The minimum atomic E-state index is -0.362. The Kier molecular flexibility index (Phi) is 4.04. The van der Waals surface area contributed by atoms with E-state index in [0.29, 0.717) is 11.3 Å². The Morgan fingerprint density at radius 3 is 2.83 bits per heavy atom. The zero-order valence-electron chi connectivity index (χ0n) is 12.9. The van der Waals surface area contributed by atoms with Gasteiger partial charge in [-0.25, -0.2) is 4.79 Å². The monoisotopic (exact) mass is 310 g/mol. The van der Waals surface area contributed by atoms with Crippen LogP contribution < -0.4 is 10.5 Å². The molecule has 3 aromatic rings. The van der Waals surface area contributed by atoms with E-state index < -0.39 is 0 Å². The molecule has 0 aliphatic carbocycles. The van der Waals surface area contributed by atoms with Crippen LogP contribution in [0.2, 0.25) is 0 Å². The second kappa shape index (κ2) is 6.14. The Bertz CT molecular complexity index is 896. The highest BCUT2D eigenvalue weighted by Gasteiger charge is 2.19. The van der Waals surface area contributed by atoms with Crippen LogP contribution in [0.25, 0.3) is 16.4 Å². The number of fused-ring (bicyclic) bond motifs is 3. The molecule has 23 heavy (non-hydrogen) atoms. The predicted octanol–water partition coefficient (Wildman–Crippen LogP) is 3.12. The number of carbonyl (C=O) groups excluding carboxylic acids is 1. The maximum Gasteiger partial charge on any atom is 0.341 e. The van der Waals surface area contributed by atoms with Crippen LogP contribution in [0.4, 0.5) is 0 Å². The first-order valence-electron chi connectivity index (χ1n) is 7.29. The first kappa shape index (κ1) is 15.1. The van der Waals surface area contributed by atoms with Gasteiger partial charge in [-0.05, 0) is 36.8 Å². The van der Waals surface area contributed by atoms with Crippen LogP contribution in [0.3, 0.4) is 0 Å². The Labute approximate surface area is 133 Å². The molecule has 0 radical (unpaired) electrons. The van der Waals surface area contributed by atoms with Crippen molar-refractivity contribution in [2.45, 2.75) is 6.92 Å². The van der Waals surface area contributed by atoms with Crippen LogP contribution in [-0.2, 0) is 4.74 Å². The zero-order valence-corrected chi connectivity index (χ0v) is 12.9. The van der Waals surface area contributed by atoms with Gasteiger partial charge in [0.25, 0.3) is 0 Å². The van der Waals surface area contributed by atoms with Crippen molar-refractivity contribution < 1.29 is 14.3 Å². The number of hydrogen-bond acceptors (Lipinski definition) is 4. The molecule has 2 N–H and O–H groups in total. The number of carbonyl (C=O) groups is 1. The molecule has 0 aliphatic heterocycles. The standard InChI is InChI=1S/C18H18N2O3/c1-12(2)10-22-18(21)17-14-7-6-13(23-11-19)9-16(14)20-8-4-3-5-15(17)20/h3-9H,1,10-11,19H2,2H3. The third-order valence-electron chi connectivity index (χ3n) is 3.52. The Morgan fingerprint density at radius 2 is 2.09 bits per heavy atom. The normalized spacial score (nSPS) is 10.9. The molecule has 2 aromatic heterocycles. The fraction of sp³-hybridized carbons (Fsp3) is 0.167. The SMILES string of the molecule is C=C(C)COC(=O)c1c2ccc(OCN)cc2n2ccccc12. The Hall–Kier alpha value is -2.79. The van der Waals surface area contributed by atoms with Gasteiger partial charge in [0, 0.05) is 17.6 Å². The predicted molar refractivity (Wildman–Crippen MR) is 89.7 cm³/mol. The molecule has 3 rings (SSSR count). The van der Waals surface area contributed by atoms with Gasteiger partial charge in [-0.3, -0.25) is 5.73 Å². The molecule has 0 atom stereocenters. The molecule has 5 heteroatoms. The summed E-state index contributed by atoms with van der Waals surface area (Å²) in [5.41, 5.74) is 8.43. The third-order valence-corrected chi connectivity index (χ3v) is 3.52. The maximum atomic E-state index is 12.5. The van der Waals surface area contributed by atoms with E-state index in [1.165, 1.54) is 0 Å². The lowest BCUT2D eigenvalue weighted by Gasteiger charge is -2.04. The van der Waals surface area contributed by atoms with Gasteiger partial charge in [0.2, 0.25) is 0 Å². The number of aromatic nitrogens is 1. The molecule has 118 valence electrons. The van der Waals surface area contributed by atoms with Crippen LogP contribution in [0.1, 0.15) is 17.3 Å².